The van der Waals surface area contributed by atoms with E-state index in [0.717, 1.165) is 16.2 Å². The second-order valence-corrected chi connectivity index (χ2v) is 6.28. The lowest BCUT2D eigenvalue weighted by atomic mass is 10.2. The molecule has 0 spiro atoms. The lowest BCUT2D eigenvalue weighted by Gasteiger charge is -2.13. The monoisotopic (exact) mass is 343 g/mol. The average Bonchev–Trinajstić information content (AvgIpc) is 3.26. The van der Waals surface area contributed by atoms with Gasteiger partial charge in [-0.05, 0) is 23.6 Å². The summed E-state index contributed by atoms with van der Waals surface area (Å²) in [5.41, 5.74) is 0.803. The van der Waals surface area contributed by atoms with E-state index in [1.54, 1.807) is 30.4 Å². The molecule has 0 unspecified atom stereocenters. The van der Waals surface area contributed by atoms with Crippen LogP contribution in [0, 0.1) is 0 Å². The first kappa shape index (κ1) is 16.2. The Morgan fingerprint density at radius 2 is 2.21 bits per heavy atom. The van der Waals surface area contributed by atoms with Crippen LogP contribution in [0.15, 0.2) is 46.3 Å². The molecule has 6 nitrogen and oxygen atoms in total. The molecular weight excluding hydrogens is 326 g/mol. The standard InChI is InChI=1S/C17H17N3O3S/c1-20(16(21)10-14-7-4-8-24-14)11-15-18-17(19-23-15)12-5-3-6-13(9-12)22-2/h3-9H,10-11H2,1-2H3. The molecule has 3 rings (SSSR count). The first-order chi connectivity index (χ1) is 11.7. The van der Waals surface area contributed by atoms with Crippen LogP contribution in [0.2, 0.25) is 0 Å². The van der Waals surface area contributed by atoms with Crippen molar-refractivity contribution < 1.29 is 14.1 Å². The Labute approximate surface area is 143 Å². The van der Waals surface area contributed by atoms with E-state index in [0.29, 0.717) is 18.1 Å². The highest BCUT2D eigenvalue weighted by atomic mass is 32.1. The minimum absolute atomic E-state index is 0.0126. The van der Waals surface area contributed by atoms with Gasteiger partial charge in [0.2, 0.25) is 17.6 Å². The number of hydrogen-bond donors (Lipinski definition) is 0. The highest BCUT2D eigenvalue weighted by Gasteiger charge is 2.15. The molecule has 0 N–H and O–H groups in total. The number of ether oxygens (including phenoxy) is 1. The van der Waals surface area contributed by atoms with Crippen molar-refractivity contribution >= 4 is 17.2 Å². The highest BCUT2D eigenvalue weighted by Crippen LogP contribution is 2.21. The van der Waals surface area contributed by atoms with E-state index in [2.05, 4.69) is 10.1 Å². The zero-order valence-corrected chi connectivity index (χ0v) is 14.2. The Bertz CT molecular complexity index is 814. The Balaban J connectivity index is 1.65. The quantitative estimate of drug-likeness (QED) is 0.688. The van der Waals surface area contributed by atoms with Gasteiger partial charge in [0.15, 0.2) is 0 Å². The zero-order valence-electron chi connectivity index (χ0n) is 13.4. The van der Waals surface area contributed by atoms with Crippen molar-refractivity contribution in [3.05, 3.63) is 52.5 Å². The Hall–Kier alpha value is -2.67. The molecular formula is C17H17N3O3S. The molecule has 0 bridgehead atoms. The van der Waals surface area contributed by atoms with E-state index in [9.17, 15) is 4.79 Å². The molecule has 0 aliphatic carbocycles. The molecule has 1 aromatic carbocycles. The first-order valence-electron chi connectivity index (χ1n) is 7.39. The third-order valence-electron chi connectivity index (χ3n) is 3.50. The largest absolute Gasteiger partial charge is 0.497 e. The Morgan fingerprint density at radius 3 is 2.96 bits per heavy atom. The number of likely N-dealkylation sites (N-methyl/N-ethyl adjacent to an activating group) is 1. The van der Waals surface area contributed by atoms with Gasteiger partial charge in [0.1, 0.15) is 5.75 Å². The van der Waals surface area contributed by atoms with Crippen LogP contribution in [0.5, 0.6) is 5.75 Å². The van der Waals surface area contributed by atoms with Gasteiger partial charge in [0.25, 0.3) is 0 Å². The van der Waals surface area contributed by atoms with E-state index < -0.39 is 0 Å². The molecule has 0 aliphatic heterocycles. The van der Waals surface area contributed by atoms with Crippen LogP contribution < -0.4 is 4.74 Å². The van der Waals surface area contributed by atoms with Crippen LogP contribution in [-0.4, -0.2) is 35.1 Å². The summed E-state index contributed by atoms with van der Waals surface area (Å²) in [5, 5.41) is 5.93. The summed E-state index contributed by atoms with van der Waals surface area (Å²) in [5.74, 6) is 1.61. The third kappa shape index (κ3) is 3.80. The van der Waals surface area contributed by atoms with Crippen molar-refractivity contribution in [1.82, 2.24) is 15.0 Å². The number of thiophene rings is 1. The summed E-state index contributed by atoms with van der Waals surface area (Å²) < 4.78 is 10.4. The molecule has 0 saturated heterocycles. The molecule has 3 aromatic rings. The normalized spacial score (nSPS) is 10.6. The summed E-state index contributed by atoms with van der Waals surface area (Å²) in [7, 11) is 3.33. The van der Waals surface area contributed by atoms with Crippen LogP contribution in [0.1, 0.15) is 10.8 Å². The molecule has 0 aliphatic rings. The topological polar surface area (TPSA) is 68.5 Å². The van der Waals surface area contributed by atoms with E-state index >= 15 is 0 Å². The number of aromatic nitrogens is 2. The maximum absolute atomic E-state index is 12.2. The van der Waals surface area contributed by atoms with E-state index in [1.807, 2.05) is 41.8 Å². The van der Waals surface area contributed by atoms with Gasteiger partial charge in [0.05, 0.1) is 20.1 Å². The predicted molar refractivity (Wildman–Crippen MR) is 90.8 cm³/mol. The lowest BCUT2D eigenvalue weighted by molar-refractivity contribution is -0.129. The van der Waals surface area contributed by atoms with Crippen LogP contribution in [0.3, 0.4) is 0 Å². The van der Waals surface area contributed by atoms with Gasteiger partial charge in [-0.1, -0.05) is 23.4 Å². The minimum Gasteiger partial charge on any atom is -0.497 e. The lowest BCUT2D eigenvalue weighted by Crippen LogP contribution is -2.27. The molecule has 7 heteroatoms. The highest BCUT2D eigenvalue weighted by molar-refractivity contribution is 7.10. The van der Waals surface area contributed by atoms with Crippen molar-refractivity contribution in [3.63, 3.8) is 0 Å². The van der Waals surface area contributed by atoms with Gasteiger partial charge in [-0.25, -0.2) is 0 Å². The maximum atomic E-state index is 12.2. The van der Waals surface area contributed by atoms with Crippen LogP contribution in [0.4, 0.5) is 0 Å². The summed E-state index contributed by atoms with van der Waals surface area (Å²) in [6, 6.07) is 11.3. The Morgan fingerprint density at radius 1 is 1.33 bits per heavy atom. The number of carbonyl (C=O) groups is 1. The smallest absolute Gasteiger partial charge is 0.246 e. The summed E-state index contributed by atoms with van der Waals surface area (Å²) in [6.07, 6.45) is 0.380. The van der Waals surface area contributed by atoms with Crippen molar-refractivity contribution in [1.29, 1.82) is 0 Å². The van der Waals surface area contributed by atoms with Crippen molar-refractivity contribution in [3.8, 4) is 17.1 Å². The fourth-order valence-corrected chi connectivity index (χ4v) is 2.88. The molecule has 0 saturated carbocycles. The van der Waals surface area contributed by atoms with E-state index in [4.69, 9.17) is 9.26 Å². The summed E-state index contributed by atoms with van der Waals surface area (Å²) in [4.78, 5) is 19.2. The van der Waals surface area contributed by atoms with Crippen LogP contribution in [-0.2, 0) is 17.8 Å². The number of methoxy groups -OCH3 is 1. The van der Waals surface area contributed by atoms with E-state index in [1.165, 1.54) is 0 Å². The molecule has 124 valence electrons. The molecule has 2 heterocycles. The fourth-order valence-electron chi connectivity index (χ4n) is 2.19. The molecule has 2 aromatic heterocycles. The van der Waals surface area contributed by atoms with Gasteiger partial charge in [-0.3, -0.25) is 4.79 Å². The molecule has 24 heavy (non-hydrogen) atoms. The van der Waals surface area contributed by atoms with Crippen molar-refractivity contribution in [2.45, 2.75) is 13.0 Å². The molecule has 1 amide bonds. The number of nitrogens with zero attached hydrogens (tertiary/aromatic N) is 3. The fraction of sp³-hybridized carbons (Fsp3) is 0.235. The molecule has 0 fully saturated rings. The second-order valence-electron chi connectivity index (χ2n) is 5.25. The van der Waals surface area contributed by atoms with Gasteiger partial charge < -0.3 is 14.2 Å². The summed E-state index contributed by atoms with van der Waals surface area (Å²) >= 11 is 1.57. The number of hydrogen-bond acceptors (Lipinski definition) is 6. The number of benzene rings is 1. The zero-order chi connectivity index (χ0) is 16.9. The van der Waals surface area contributed by atoms with Crippen LogP contribution in [0.25, 0.3) is 11.4 Å². The number of carbonyl (C=O) groups excluding carboxylic acids is 1. The maximum Gasteiger partial charge on any atom is 0.246 e. The Kier molecular flexibility index (Phi) is 4.90. The number of amides is 1. The molecule has 0 radical (unpaired) electrons. The average molecular weight is 343 g/mol. The van der Waals surface area contributed by atoms with Crippen molar-refractivity contribution in [2.24, 2.45) is 0 Å². The summed E-state index contributed by atoms with van der Waals surface area (Å²) in [6.45, 7) is 0.279. The van der Waals surface area contributed by atoms with Crippen molar-refractivity contribution in [2.75, 3.05) is 14.2 Å². The SMILES string of the molecule is COc1cccc(-c2noc(CN(C)C(=O)Cc3cccs3)n2)c1. The minimum atomic E-state index is 0.0126. The second kappa shape index (κ2) is 7.27. The third-order valence-corrected chi connectivity index (χ3v) is 4.38. The molecule has 0 atom stereocenters. The van der Waals surface area contributed by atoms with Gasteiger partial charge in [-0.15, -0.1) is 11.3 Å². The number of rotatable bonds is 6. The predicted octanol–water partition coefficient (Wildman–Crippen LogP) is 3.01. The first-order valence-corrected chi connectivity index (χ1v) is 8.27. The van der Waals surface area contributed by atoms with Gasteiger partial charge >= 0.3 is 0 Å². The van der Waals surface area contributed by atoms with E-state index in [-0.39, 0.29) is 12.5 Å². The van der Waals surface area contributed by atoms with Gasteiger partial charge in [0, 0.05) is 17.5 Å². The van der Waals surface area contributed by atoms with Gasteiger partial charge in [-0.2, -0.15) is 4.98 Å². The van der Waals surface area contributed by atoms with Crippen LogP contribution >= 0.6 is 11.3 Å².